The third kappa shape index (κ3) is 5.79. The zero-order valence-corrected chi connectivity index (χ0v) is 11.5. The second-order valence-corrected chi connectivity index (χ2v) is 6.77. The van der Waals surface area contributed by atoms with Crippen LogP contribution in [-0.4, -0.2) is 68.2 Å². The van der Waals surface area contributed by atoms with Crippen molar-refractivity contribution < 1.29 is 23.1 Å². The number of nitrogens with zero attached hydrogens (tertiary/aromatic N) is 1. The summed E-state index contributed by atoms with van der Waals surface area (Å²) in [5.74, 6) is -0.0937. The number of rotatable bonds is 5. The Balaban J connectivity index is 2.35. The minimum atomic E-state index is -2.93. The van der Waals surface area contributed by atoms with Crippen LogP contribution >= 0.6 is 0 Å². The molecule has 1 rings (SSSR count). The lowest BCUT2D eigenvalue weighted by atomic mass is 10.2. The molecule has 6 nitrogen and oxygen atoms in total. The van der Waals surface area contributed by atoms with Gasteiger partial charge in [-0.05, 0) is 19.9 Å². The van der Waals surface area contributed by atoms with Gasteiger partial charge in [0.1, 0.15) is 0 Å². The normalized spacial score (nSPS) is 22.1. The fraction of sp³-hybridized carbons (Fsp3) is 0.909. The molecule has 0 saturated carbocycles. The summed E-state index contributed by atoms with van der Waals surface area (Å²) in [7, 11) is -2.93. The highest BCUT2D eigenvalue weighted by atomic mass is 32.2. The molecule has 18 heavy (non-hydrogen) atoms. The molecule has 0 spiro atoms. The van der Waals surface area contributed by atoms with E-state index in [1.807, 2.05) is 4.90 Å². The molecule has 1 fully saturated rings. The second kappa shape index (κ2) is 7.06. The van der Waals surface area contributed by atoms with Crippen LogP contribution in [0.5, 0.6) is 0 Å². The smallest absolute Gasteiger partial charge is 0.308 e. The Hall–Kier alpha value is -0.660. The van der Waals surface area contributed by atoms with Crippen molar-refractivity contribution in [2.24, 2.45) is 0 Å². The molecule has 1 aliphatic rings. The molecular formula is C11H21NO5S. The van der Waals surface area contributed by atoms with Crippen LogP contribution in [0.3, 0.4) is 0 Å². The van der Waals surface area contributed by atoms with Crippen molar-refractivity contribution in [1.29, 1.82) is 0 Å². The van der Waals surface area contributed by atoms with Crippen molar-refractivity contribution in [2.45, 2.75) is 25.9 Å². The molecule has 0 aromatic carbocycles. The first-order valence-corrected chi connectivity index (χ1v) is 8.01. The van der Waals surface area contributed by atoms with E-state index in [-0.39, 0.29) is 17.9 Å². The summed E-state index contributed by atoms with van der Waals surface area (Å²) in [5, 5.41) is 9.73. The summed E-state index contributed by atoms with van der Waals surface area (Å²) in [5.41, 5.74) is 0. The van der Waals surface area contributed by atoms with Crippen LogP contribution in [0.4, 0.5) is 0 Å². The fourth-order valence-electron chi connectivity index (χ4n) is 1.95. The number of aliphatic hydroxyl groups is 1. The van der Waals surface area contributed by atoms with Crippen LogP contribution in [0.1, 0.15) is 19.8 Å². The fourth-order valence-corrected chi connectivity index (χ4v) is 3.26. The first kappa shape index (κ1) is 15.4. The lowest BCUT2D eigenvalue weighted by Gasteiger charge is -2.22. The van der Waals surface area contributed by atoms with E-state index in [9.17, 15) is 18.3 Å². The highest BCUT2D eigenvalue weighted by Crippen LogP contribution is 2.07. The summed E-state index contributed by atoms with van der Waals surface area (Å²) in [6.07, 6.45) is -0.268. The number of carbonyl (C=O) groups is 1. The summed E-state index contributed by atoms with van der Waals surface area (Å²) in [6.45, 7) is 3.38. The van der Waals surface area contributed by atoms with Gasteiger partial charge in [-0.15, -0.1) is 0 Å². The number of ether oxygens (including phenoxy) is 1. The second-order valence-electron chi connectivity index (χ2n) is 4.47. The van der Waals surface area contributed by atoms with Gasteiger partial charge in [0.15, 0.2) is 9.84 Å². The van der Waals surface area contributed by atoms with Gasteiger partial charge in [-0.2, -0.15) is 0 Å². The largest absolute Gasteiger partial charge is 0.466 e. The van der Waals surface area contributed by atoms with Crippen LogP contribution < -0.4 is 0 Å². The van der Waals surface area contributed by atoms with Crippen LogP contribution in [0.2, 0.25) is 0 Å². The molecular weight excluding hydrogens is 258 g/mol. The van der Waals surface area contributed by atoms with E-state index in [2.05, 4.69) is 0 Å². The van der Waals surface area contributed by atoms with Crippen LogP contribution in [0.15, 0.2) is 0 Å². The zero-order chi connectivity index (χ0) is 13.6. The Morgan fingerprint density at radius 3 is 2.78 bits per heavy atom. The maximum Gasteiger partial charge on any atom is 0.308 e. The molecule has 1 atom stereocenters. The zero-order valence-electron chi connectivity index (χ0n) is 10.7. The summed E-state index contributed by atoms with van der Waals surface area (Å²) in [6, 6.07) is 0. The number of sulfone groups is 1. The standard InChI is InChI=1S/C11H21NO5S/c1-2-17-11(14)8-10(13)9-12-4-3-6-18(15,16)7-5-12/h10,13H,2-9H2,1H3. The van der Waals surface area contributed by atoms with Gasteiger partial charge in [-0.1, -0.05) is 0 Å². The van der Waals surface area contributed by atoms with Gasteiger partial charge < -0.3 is 9.84 Å². The topological polar surface area (TPSA) is 83.9 Å². The first-order valence-electron chi connectivity index (χ1n) is 6.19. The molecule has 0 bridgehead atoms. The van der Waals surface area contributed by atoms with Crippen molar-refractivity contribution in [3.63, 3.8) is 0 Å². The minimum absolute atomic E-state index is 0.0446. The third-order valence-corrected chi connectivity index (χ3v) is 4.54. The van der Waals surface area contributed by atoms with Crippen molar-refractivity contribution >= 4 is 15.8 Å². The quantitative estimate of drug-likeness (QED) is 0.678. The van der Waals surface area contributed by atoms with Gasteiger partial charge in [0, 0.05) is 13.1 Å². The number of aliphatic hydroxyl groups excluding tert-OH is 1. The highest BCUT2D eigenvalue weighted by molar-refractivity contribution is 7.91. The Bertz CT molecular complexity index is 368. The maximum absolute atomic E-state index is 11.4. The molecule has 0 amide bonds. The molecule has 1 heterocycles. The molecule has 106 valence electrons. The number of hydrogen-bond acceptors (Lipinski definition) is 6. The number of esters is 1. The average molecular weight is 279 g/mol. The Labute approximate surface area is 108 Å². The van der Waals surface area contributed by atoms with E-state index in [1.165, 1.54) is 0 Å². The molecule has 0 aromatic heterocycles. The highest BCUT2D eigenvalue weighted by Gasteiger charge is 2.21. The Kier molecular flexibility index (Phi) is 6.04. The van der Waals surface area contributed by atoms with Gasteiger partial charge in [-0.3, -0.25) is 9.69 Å². The number of β-amino-alcohol motifs (C(OH)–C–C–N with tert-alkyl or cyclic N) is 1. The molecule has 0 aromatic rings. The monoisotopic (exact) mass is 279 g/mol. The molecule has 1 unspecified atom stereocenters. The number of hydrogen-bond donors (Lipinski definition) is 1. The molecule has 0 aliphatic carbocycles. The predicted molar refractivity (Wildman–Crippen MR) is 67.0 cm³/mol. The van der Waals surface area contributed by atoms with Gasteiger partial charge in [0.25, 0.3) is 0 Å². The molecule has 1 aliphatic heterocycles. The van der Waals surface area contributed by atoms with E-state index in [0.717, 1.165) is 0 Å². The van der Waals surface area contributed by atoms with Crippen LogP contribution in [0.25, 0.3) is 0 Å². The van der Waals surface area contributed by atoms with E-state index in [1.54, 1.807) is 6.92 Å². The summed E-state index contributed by atoms with van der Waals surface area (Å²) in [4.78, 5) is 13.1. The van der Waals surface area contributed by atoms with E-state index < -0.39 is 21.9 Å². The minimum Gasteiger partial charge on any atom is -0.466 e. The summed E-state index contributed by atoms with van der Waals surface area (Å²) < 4.78 is 27.5. The van der Waals surface area contributed by atoms with Crippen molar-refractivity contribution in [2.75, 3.05) is 37.7 Å². The van der Waals surface area contributed by atoms with Gasteiger partial charge in [-0.25, -0.2) is 8.42 Å². The van der Waals surface area contributed by atoms with Gasteiger partial charge >= 0.3 is 5.97 Å². The Morgan fingerprint density at radius 2 is 2.11 bits per heavy atom. The molecule has 7 heteroatoms. The van der Waals surface area contributed by atoms with Crippen molar-refractivity contribution in [1.82, 2.24) is 4.90 Å². The number of carbonyl (C=O) groups excluding carboxylic acids is 1. The maximum atomic E-state index is 11.4. The van der Waals surface area contributed by atoms with E-state index in [4.69, 9.17) is 4.74 Å². The predicted octanol–water partition coefficient (Wildman–Crippen LogP) is -0.579. The van der Waals surface area contributed by atoms with Crippen LogP contribution in [-0.2, 0) is 19.4 Å². The van der Waals surface area contributed by atoms with Crippen LogP contribution in [0, 0.1) is 0 Å². The van der Waals surface area contributed by atoms with Crippen molar-refractivity contribution in [3.8, 4) is 0 Å². The SMILES string of the molecule is CCOC(=O)CC(O)CN1CCCS(=O)(=O)CC1. The molecule has 1 N–H and O–H groups in total. The van der Waals surface area contributed by atoms with Gasteiger partial charge in [0.2, 0.25) is 0 Å². The average Bonchev–Trinajstić information content (AvgIpc) is 2.40. The molecule has 0 radical (unpaired) electrons. The lowest BCUT2D eigenvalue weighted by Crippen LogP contribution is -2.35. The lowest BCUT2D eigenvalue weighted by molar-refractivity contribution is -0.145. The first-order chi connectivity index (χ1) is 8.43. The van der Waals surface area contributed by atoms with Gasteiger partial charge in [0.05, 0.1) is 30.6 Å². The molecule has 1 saturated heterocycles. The van der Waals surface area contributed by atoms with E-state index in [0.29, 0.717) is 32.7 Å². The Morgan fingerprint density at radius 1 is 1.39 bits per heavy atom. The third-order valence-electron chi connectivity index (χ3n) is 2.82. The summed E-state index contributed by atoms with van der Waals surface area (Å²) >= 11 is 0. The van der Waals surface area contributed by atoms with Crippen molar-refractivity contribution in [3.05, 3.63) is 0 Å². The van der Waals surface area contributed by atoms with E-state index >= 15 is 0 Å².